The summed E-state index contributed by atoms with van der Waals surface area (Å²) in [5.41, 5.74) is 8.77. The van der Waals surface area contributed by atoms with E-state index in [1.807, 2.05) is 10.5 Å². The molecule has 9 heteroatoms. The van der Waals surface area contributed by atoms with Crippen LogP contribution >= 0.6 is 0 Å². The second kappa shape index (κ2) is 9.27. The first-order valence-corrected chi connectivity index (χ1v) is 11.3. The lowest BCUT2D eigenvalue weighted by atomic mass is 10.1. The number of likely N-dealkylation sites (tertiary alicyclic amines) is 1. The van der Waals surface area contributed by atoms with Crippen LogP contribution in [0.4, 0.5) is 11.6 Å². The largest absolute Gasteiger partial charge is 0.382 e. The Labute approximate surface area is 202 Å². The highest BCUT2D eigenvalue weighted by Crippen LogP contribution is 2.36. The highest BCUT2D eigenvalue weighted by Gasteiger charge is 2.33. The fourth-order valence-electron chi connectivity index (χ4n) is 4.40. The van der Waals surface area contributed by atoms with Crippen LogP contribution in [-0.4, -0.2) is 42.6 Å². The Hall–Kier alpha value is -4.71. The normalized spacial score (nSPS) is 15.0. The number of aromatic nitrogens is 4. The summed E-state index contributed by atoms with van der Waals surface area (Å²) in [6, 6.07) is 12.2. The molecule has 1 aliphatic rings. The van der Waals surface area contributed by atoms with Gasteiger partial charge in [-0.3, -0.25) is 14.0 Å². The molecular formula is C26H23N7O2. The zero-order chi connectivity index (χ0) is 24.4. The van der Waals surface area contributed by atoms with E-state index in [0.29, 0.717) is 40.8 Å². The van der Waals surface area contributed by atoms with Crippen LogP contribution in [0.15, 0.2) is 61.1 Å². The van der Waals surface area contributed by atoms with Crippen LogP contribution in [0.2, 0.25) is 0 Å². The van der Waals surface area contributed by atoms with Crippen LogP contribution in [0.5, 0.6) is 0 Å². The van der Waals surface area contributed by atoms with Crippen molar-refractivity contribution in [3.63, 3.8) is 0 Å². The first-order valence-electron chi connectivity index (χ1n) is 11.3. The number of fused-ring (bicyclic) bond motifs is 1. The molecule has 0 aliphatic carbocycles. The zero-order valence-electron chi connectivity index (χ0n) is 19.1. The fourth-order valence-corrected chi connectivity index (χ4v) is 4.40. The highest BCUT2D eigenvalue weighted by molar-refractivity contribution is 6.04. The number of nitrogens with one attached hydrogen (secondary N) is 1. The Balaban J connectivity index is 1.55. The van der Waals surface area contributed by atoms with Crippen molar-refractivity contribution in [1.29, 1.82) is 0 Å². The first kappa shape index (κ1) is 22.1. The molecule has 4 heterocycles. The molecule has 0 unspecified atom stereocenters. The minimum Gasteiger partial charge on any atom is -0.382 e. The lowest BCUT2D eigenvalue weighted by Crippen LogP contribution is -2.30. The lowest BCUT2D eigenvalue weighted by Gasteiger charge is -2.21. The molecule has 0 saturated carbocycles. The molecule has 0 spiro atoms. The Kier molecular flexibility index (Phi) is 5.85. The Morgan fingerprint density at radius 2 is 1.97 bits per heavy atom. The Morgan fingerprint density at radius 3 is 2.77 bits per heavy atom. The van der Waals surface area contributed by atoms with Crippen molar-refractivity contribution in [2.24, 2.45) is 0 Å². The summed E-state index contributed by atoms with van der Waals surface area (Å²) in [5, 5.41) is 2.83. The second-order valence-corrected chi connectivity index (χ2v) is 8.13. The van der Waals surface area contributed by atoms with E-state index < -0.39 is 0 Å². The number of nitrogen functional groups attached to an aromatic ring is 1. The average molecular weight is 466 g/mol. The molecule has 4 aromatic rings. The molecular weight excluding hydrogens is 442 g/mol. The van der Waals surface area contributed by atoms with Gasteiger partial charge in [0, 0.05) is 36.3 Å². The third-order valence-corrected chi connectivity index (χ3v) is 5.96. The lowest BCUT2D eigenvalue weighted by molar-refractivity contribution is -0.126. The Morgan fingerprint density at radius 1 is 1.14 bits per heavy atom. The molecule has 1 saturated heterocycles. The van der Waals surface area contributed by atoms with Gasteiger partial charge in [0.2, 0.25) is 0 Å². The summed E-state index contributed by atoms with van der Waals surface area (Å²) in [6.07, 6.45) is 6.64. The minimum atomic E-state index is -0.260. The minimum absolute atomic E-state index is 0.217. The number of amides is 2. The summed E-state index contributed by atoms with van der Waals surface area (Å²) in [7, 11) is 0. The number of nitrogens with zero attached hydrogens (tertiary/aromatic N) is 5. The van der Waals surface area contributed by atoms with E-state index >= 15 is 0 Å². The summed E-state index contributed by atoms with van der Waals surface area (Å²) in [5.74, 6) is 6.25. The molecule has 3 N–H and O–H groups in total. The van der Waals surface area contributed by atoms with Gasteiger partial charge < -0.3 is 16.0 Å². The van der Waals surface area contributed by atoms with Gasteiger partial charge in [0.15, 0.2) is 0 Å². The summed E-state index contributed by atoms with van der Waals surface area (Å²) >= 11 is 0. The number of imidazole rings is 1. The SMILES string of the molecule is CC#CC(=O)N1CCC[C@H]1c1nc(-c2ccnc(NC(=O)c3ccccc3)c2)c2c(N)nccn12. The van der Waals surface area contributed by atoms with Crippen molar-refractivity contribution in [1.82, 2.24) is 24.3 Å². The maximum Gasteiger partial charge on any atom is 0.299 e. The van der Waals surface area contributed by atoms with Crippen LogP contribution in [-0.2, 0) is 4.79 Å². The molecule has 0 radical (unpaired) electrons. The smallest absolute Gasteiger partial charge is 0.299 e. The predicted molar refractivity (Wildman–Crippen MR) is 132 cm³/mol. The molecule has 3 aromatic heterocycles. The van der Waals surface area contributed by atoms with E-state index in [2.05, 4.69) is 27.1 Å². The first-order chi connectivity index (χ1) is 17.1. The number of carbonyl (C=O) groups excluding carboxylic acids is 2. The van der Waals surface area contributed by atoms with E-state index in [0.717, 1.165) is 18.4 Å². The van der Waals surface area contributed by atoms with Gasteiger partial charge in [0.25, 0.3) is 11.8 Å². The number of hydrogen-bond acceptors (Lipinski definition) is 6. The average Bonchev–Trinajstić information content (AvgIpc) is 3.51. The van der Waals surface area contributed by atoms with E-state index in [1.54, 1.807) is 66.8 Å². The van der Waals surface area contributed by atoms with Gasteiger partial charge in [-0.15, -0.1) is 0 Å². The van der Waals surface area contributed by atoms with Crippen molar-refractivity contribution in [2.45, 2.75) is 25.8 Å². The van der Waals surface area contributed by atoms with Gasteiger partial charge in [-0.25, -0.2) is 15.0 Å². The molecule has 1 atom stereocenters. The number of rotatable bonds is 4. The van der Waals surface area contributed by atoms with Crippen LogP contribution in [0.3, 0.4) is 0 Å². The monoisotopic (exact) mass is 465 g/mol. The van der Waals surface area contributed by atoms with Gasteiger partial charge in [0.1, 0.15) is 28.7 Å². The van der Waals surface area contributed by atoms with E-state index in [9.17, 15) is 9.59 Å². The van der Waals surface area contributed by atoms with Gasteiger partial charge in [-0.2, -0.15) is 0 Å². The number of anilines is 2. The number of hydrogen-bond donors (Lipinski definition) is 2. The summed E-state index contributed by atoms with van der Waals surface area (Å²) < 4.78 is 1.88. The summed E-state index contributed by atoms with van der Waals surface area (Å²) in [6.45, 7) is 2.27. The van der Waals surface area contributed by atoms with Crippen molar-refractivity contribution < 1.29 is 9.59 Å². The second-order valence-electron chi connectivity index (χ2n) is 8.13. The van der Waals surface area contributed by atoms with E-state index in [4.69, 9.17) is 10.7 Å². The van der Waals surface area contributed by atoms with Crippen molar-refractivity contribution in [3.8, 4) is 23.1 Å². The van der Waals surface area contributed by atoms with Crippen LogP contribution in [0, 0.1) is 11.8 Å². The molecule has 9 nitrogen and oxygen atoms in total. The molecule has 5 rings (SSSR count). The summed E-state index contributed by atoms with van der Waals surface area (Å²) in [4.78, 5) is 40.4. The highest BCUT2D eigenvalue weighted by atomic mass is 16.2. The predicted octanol–water partition coefficient (Wildman–Crippen LogP) is 3.31. The van der Waals surface area contributed by atoms with Crippen molar-refractivity contribution in [2.75, 3.05) is 17.6 Å². The number of benzene rings is 1. The third-order valence-electron chi connectivity index (χ3n) is 5.96. The van der Waals surface area contributed by atoms with Crippen LogP contribution in [0.25, 0.3) is 16.8 Å². The topological polar surface area (TPSA) is 119 Å². The maximum absolute atomic E-state index is 12.6. The fraction of sp³-hybridized carbons (Fsp3) is 0.192. The van der Waals surface area contributed by atoms with Gasteiger partial charge in [-0.1, -0.05) is 24.1 Å². The van der Waals surface area contributed by atoms with Gasteiger partial charge >= 0.3 is 0 Å². The molecule has 35 heavy (non-hydrogen) atoms. The zero-order valence-corrected chi connectivity index (χ0v) is 19.1. The van der Waals surface area contributed by atoms with E-state index in [1.165, 1.54) is 0 Å². The van der Waals surface area contributed by atoms with Gasteiger partial charge in [0.05, 0.1) is 6.04 Å². The van der Waals surface area contributed by atoms with Crippen LogP contribution < -0.4 is 11.1 Å². The standard InChI is InChI=1S/C26H23N7O2/c1-2-7-21(34)32-14-6-10-19(32)25-31-22(23-24(27)29-13-15-33(23)25)18-11-12-28-20(16-18)30-26(35)17-8-4-3-5-9-17/h3-5,8-9,11-13,15-16,19H,6,10,14H2,1H3,(H2,27,29)(H,28,30,35)/t19-/m0/s1. The number of nitrogens with two attached hydrogens (primary N) is 1. The number of pyridine rings is 1. The van der Waals surface area contributed by atoms with Crippen molar-refractivity contribution in [3.05, 3.63) is 72.4 Å². The number of carbonyl (C=O) groups is 2. The van der Waals surface area contributed by atoms with E-state index in [-0.39, 0.29) is 17.9 Å². The molecule has 0 bridgehead atoms. The molecule has 174 valence electrons. The third kappa shape index (κ3) is 4.17. The van der Waals surface area contributed by atoms with Crippen molar-refractivity contribution >= 4 is 29.0 Å². The quantitative estimate of drug-likeness (QED) is 0.447. The molecule has 2 amide bonds. The Bertz CT molecular complexity index is 1480. The van der Waals surface area contributed by atoms with Gasteiger partial charge in [-0.05, 0) is 50.0 Å². The molecule has 1 fully saturated rings. The maximum atomic E-state index is 12.6. The molecule has 1 aliphatic heterocycles. The van der Waals surface area contributed by atoms with Crippen LogP contribution in [0.1, 0.15) is 42.0 Å². The molecule has 1 aromatic carbocycles.